The first-order valence-electron chi connectivity index (χ1n) is 6.44. The standard InChI is InChI=1S/C14H16Cl2N2O2/c1-8(2)18-7-9(6-12(18)19)14(20)17-11-5-3-4-10(15)13(11)16/h3-5,8-9H,6-7H2,1-2H3,(H,17,20)/t9-/m0/s1. The Morgan fingerprint density at radius 3 is 2.70 bits per heavy atom. The first-order chi connectivity index (χ1) is 9.40. The van der Waals surface area contributed by atoms with Gasteiger partial charge in [0.1, 0.15) is 0 Å². The fourth-order valence-corrected chi connectivity index (χ4v) is 2.59. The van der Waals surface area contributed by atoms with Gasteiger partial charge in [0, 0.05) is 19.0 Å². The molecule has 0 saturated carbocycles. The minimum Gasteiger partial charge on any atom is -0.339 e. The van der Waals surface area contributed by atoms with E-state index in [-0.39, 0.29) is 30.2 Å². The smallest absolute Gasteiger partial charge is 0.229 e. The molecule has 0 spiro atoms. The summed E-state index contributed by atoms with van der Waals surface area (Å²) in [6, 6.07) is 5.15. The second-order valence-corrected chi connectivity index (χ2v) is 5.92. The molecule has 1 heterocycles. The van der Waals surface area contributed by atoms with Crippen LogP contribution in [0.5, 0.6) is 0 Å². The summed E-state index contributed by atoms with van der Waals surface area (Å²) >= 11 is 11.9. The number of carbonyl (C=O) groups excluding carboxylic acids is 2. The molecule has 1 aliphatic rings. The van der Waals surface area contributed by atoms with Crippen molar-refractivity contribution in [3.63, 3.8) is 0 Å². The Morgan fingerprint density at radius 1 is 1.40 bits per heavy atom. The molecule has 0 unspecified atom stereocenters. The lowest BCUT2D eigenvalue weighted by Crippen LogP contribution is -2.33. The van der Waals surface area contributed by atoms with Gasteiger partial charge in [0.25, 0.3) is 0 Å². The average molecular weight is 315 g/mol. The van der Waals surface area contributed by atoms with Gasteiger partial charge in [-0.25, -0.2) is 0 Å². The van der Waals surface area contributed by atoms with Crippen LogP contribution < -0.4 is 5.32 Å². The molecule has 1 aromatic rings. The summed E-state index contributed by atoms with van der Waals surface area (Å²) < 4.78 is 0. The molecule has 1 fully saturated rings. The Kier molecular flexibility index (Phi) is 4.55. The fourth-order valence-electron chi connectivity index (χ4n) is 2.24. The minimum absolute atomic E-state index is 0.0114. The van der Waals surface area contributed by atoms with Gasteiger partial charge in [-0.3, -0.25) is 9.59 Å². The number of hydrogen-bond donors (Lipinski definition) is 1. The van der Waals surface area contributed by atoms with Crippen LogP contribution in [-0.2, 0) is 9.59 Å². The zero-order valence-electron chi connectivity index (χ0n) is 11.3. The topological polar surface area (TPSA) is 49.4 Å². The highest BCUT2D eigenvalue weighted by molar-refractivity contribution is 6.44. The number of halogens is 2. The molecule has 0 aromatic heterocycles. The number of benzene rings is 1. The Hall–Kier alpha value is -1.26. The Balaban J connectivity index is 2.06. The van der Waals surface area contributed by atoms with E-state index in [1.165, 1.54) is 0 Å². The molecule has 1 aromatic carbocycles. The number of anilines is 1. The van der Waals surface area contributed by atoms with Gasteiger partial charge in [-0.15, -0.1) is 0 Å². The third-order valence-electron chi connectivity index (χ3n) is 3.36. The van der Waals surface area contributed by atoms with Gasteiger partial charge in [-0.05, 0) is 26.0 Å². The molecular formula is C14H16Cl2N2O2. The van der Waals surface area contributed by atoms with Crippen molar-refractivity contribution in [2.24, 2.45) is 5.92 Å². The van der Waals surface area contributed by atoms with Crippen molar-refractivity contribution in [1.29, 1.82) is 0 Å². The van der Waals surface area contributed by atoms with E-state index in [9.17, 15) is 9.59 Å². The number of amides is 2. The van der Waals surface area contributed by atoms with E-state index < -0.39 is 0 Å². The van der Waals surface area contributed by atoms with Crippen LogP contribution in [0, 0.1) is 5.92 Å². The van der Waals surface area contributed by atoms with E-state index in [0.29, 0.717) is 22.3 Å². The van der Waals surface area contributed by atoms with Crippen LogP contribution in [0.1, 0.15) is 20.3 Å². The minimum atomic E-state index is -0.347. The van der Waals surface area contributed by atoms with E-state index in [1.807, 2.05) is 13.8 Å². The molecule has 1 N–H and O–H groups in total. The summed E-state index contributed by atoms with van der Waals surface area (Å²) in [7, 11) is 0. The van der Waals surface area contributed by atoms with Gasteiger partial charge in [-0.2, -0.15) is 0 Å². The van der Waals surface area contributed by atoms with Crippen LogP contribution in [0.3, 0.4) is 0 Å². The van der Waals surface area contributed by atoms with Crippen LogP contribution in [0.4, 0.5) is 5.69 Å². The molecule has 4 nitrogen and oxygen atoms in total. The maximum atomic E-state index is 12.2. The molecule has 20 heavy (non-hydrogen) atoms. The number of nitrogens with zero attached hydrogens (tertiary/aromatic N) is 1. The van der Waals surface area contributed by atoms with Gasteiger partial charge in [-0.1, -0.05) is 29.3 Å². The van der Waals surface area contributed by atoms with E-state index in [0.717, 1.165) is 0 Å². The molecule has 1 saturated heterocycles. The molecule has 108 valence electrons. The summed E-state index contributed by atoms with van der Waals surface area (Å²) in [5.74, 6) is -0.539. The zero-order chi connectivity index (χ0) is 14.9. The van der Waals surface area contributed by atoms with Crippen LogP contribution in [0.25, 0.3) is 0 Å². The summed E-state index contributed by atoms with van der Waals surface area (Å²) in [6.07, 6.45) is 0.238. The highest BCUT2D eigenvalue weighted by Gasteiger charge is 2.35. The maximum absolute atomic E-state index is 12.2. The van der Waals surface area contributed by atoms with Crippen LogP contribution in [0.15, 0.2) is 18.2 Å². The highest BCUT2D eigenvalue weighted by atomic mass is 35.5. The molecule has 0 radical (unpaired) electrons. The molecule has 1 atom stereocenters. The quantitative estimate of drug-likeness (QED) is 0.931. The van der Waals surface area contributed by atoms with Crippen LogP contribution >= 0.6 is 23.2 Å². The van der Waals surface area contributed by atoms with Crippen molar-refractivity contribution in [3.05, 3.63) is 28.2 Å². The third kappa shape index (κ3) is 3.07. The first kappa shape index (κ1) is 15.1. The average Bonchev–Trinajstić information content (AvgIpc) is 2.77. The monoisotopic (exact) mass is 314 g/mol. The van der Waals surface area contributed by atoms with Gasteiger partial charge in [0.15, 0.2) is 0 Å². The molecule has 6 heteroatoms. The highest BCUT2D eigenvalue weighted by Crippen LogP contribution is 2.30. The van der Waals surface area contributed by atoms with Crippen LogP contribution in [0.2, 0.25) is 10.0 Å². The second kappa shape index (κ2) is 6.02. The Morgan fingerprint density at radius 2 is 2.10 bits per heavy atom. The van der Waals surface area contributed by atoms with E-state index in [4.69, 9.17) is 23.2 Å². The summed E-state index contributed by atoms with van der Waals surface area (Å²) in [5, 5.41) is 3.44. The Labute approximate surface area is 128 Å². The summed E-state index contributed by atoms with van der Waals surface area (Å²) in [5.41, 5.74) is 0.472. The zero-order valence-corrected chi connectivity index (χ0v) is 12.8. The van der Waals surface area contributed by atoms with Crippen molar-refractivity contribution in [1.82, 2.24) is 4.90 Å². The van der Waals surface area contributed by atoms with Gasteiger partial charge in [0.05, 0.1) is 21.7 Å². The number of hydrogen-bond acceptors (Lipinski definition) is 2. The third-order valence-corrected chi connectivity index (χ3v) is 4.18. The fraction of sp³-hybridized carbons (Fsp3) is 0.429. The molecular weight excluding hydrogens is 299 g/mol. The molecule has 2 amide bonds. The summed E-state index contributed by atoms with van der Waals surface area (Å²) in [4.78, 5) is 25.7. The van der Waals surface area contributed by atoms with Crippen molar-refractivity contribution in [2.75, 3.05) is 11.9 Å². The lowest BCUT2D eigenvalue weighted by atomic mass is 10.1. The maximum Gasteiger partial charge on any atom is 0.229 e. The number of likely N-dealkylation sites (tertiary alicyclic amines) is 1. The Bertz CT molecular complexity index is 546. The summed E-state index contributed by atoms with van der Waals surface area (Å²) in [6.45, 7) is 4.32. The lowest BCUT2D eigenvalue weighted by molar-refractivity contribution is -0.129. The molecule has 0 aliphatic carbocycles. The van der Waals surface area contributed by atoms with E-state index in [2.05, 4.69) is 5.32 Å². The van der Waals surface area contributed by atoms with E-state index >= 15 is 0 Å². The SMILES string of the molecule is CC(C)N1C[C@@H](C(=O)Nc2cccc(Cl)c2Cl)CC1=O. The normalized spacial score (nSPS) is 18.8. The number of rotatable bonds is 3. The van der Waals surface area contributed by atoms with Gasteiger partial charge in [0.2, 0.25) is 11.8 Å². The van der Waals surface area contributed by atoms with Crippen molar-refractivity contribution in [2.45, 2.75) is 26.3 Å². The van der Waals surface area contributed by atoms with E-state index in [1.54, 1.807) is 23.1 Å². The number of nitrogens with one attached hydrogen (secondary N) is 1. The first-order valence-corrected chi connectivity index (χ1v) is 7.20. The number of carbonyl (C=O) groups is 2. The van der Waals surface area contributed by atoms with Crippen molar-refractivity contribution >= 4 is 40.7 Å². The lowest BCUT2D eigenvalue weighted by Gasteiger charge is -2.20. The second-order valence-electron chi connectivity index (χ2n) is 5.13. The van der Waals surface area contributed by atoms with Gasteiger partial charge < -0.3 is 10.2 Å². The molecule has 1 aliphatic heterocycles. The molecule has 0 bridgehead atoms. The van der Waals surface area contributed by atoms with Crippen molar-refractivity contribution < 1.29 is 9.59 Å². The van der Waals surface area contributed by atoms with Crippen molar-refractivity contribution in [3.8, 4) is 0 Å². The van der Waals surface area contributed by atoms with Gasteiger partial charge >= 0.3 is 0 Å². The predicted molar refractivity (Wildman–Crippen MR) is 80.0 cm³/mol. The predicted octanol–water partition coefficient (Wildman–Crippen LogP) is 3.19. The molecule has 2 rings (SSSR count). The van der Waals surface area contributed by atoms with Crippen LogP contribution in [-0.4, -0.2) is 29.3 Å². The largest absolute Gasteiger partial charge is 0.339 e.